The zero-order chi connectivity index (χ0) is 20.2. The minimum absolute atomic E-state index is 0.481. The van der Waals surface area contributed by atoms with Crippen molar-refractivity contribution in [3.05, 3.63) is 65.4 Å². The molecule has 1 aromatic heterocycles. The zero-order valence-electron chi connectivity index (χ0n) is 16.5. The lowest BCUT2D eigenvalue weighted by atomic mass is 10.2. The van der Waals surface area contributed by atoms with Gasteiger partial charge in [-0.1, -0.05) is 29.8 Å². The van der Waals surface area contributed by atoms with Gasteiger partial charge < -0.3 is 19.3 Å². The van der Waals surface area contributed by atoms with Crippen molar-refractivity contribution < 1.29 is 9.47 Å². The molecule has 1 aliphatic rings. The number of rotatable bonds is 5. The fourth-order valence-corrected chi connectivity index (χ4v) is 3.58. The second-order valence-electron chi connectivity index (χ2n) is 6.90. The Morgan fingerprint density at radius 3 is 2.45 bits per heavy atom. The number of methoxy groups -OCH3 is 1. The van der Waals surface area contributed by atoms with Gasteiger partial charge in [-0.25, -0.2) is 9.97 Å². The van der Waals surface area contributed by atoms with Crippen molar-refractivity contribution in [2.24, 2.45) is 0 Å². The largest absolute Gasteiger partial charge is 0.495 e. The van der Waals surface area contributed by atoms with Gasteiger partial charge in [0.05, 0.1) is 17.8 Å². The van der Waals surface area contributed by atoms with Gasteiger partial charge in [-0.15, -0.1) is 0 Å². The number of para-hydroxylation sites is 2. The Hall–Kier alpha value is -2.99. The molecule has 0 N–H and O–H groups in total. The Morgan fingerprint density at radius 2 is 1.66 bits per heavy atom. The lowest BCUT2D eigenvalue weighted by Crippen LogP contribution is -2.47. The third kappa shape index (κ3) is 4.38. The van der Waals surface area contributed by atoms with E-state index in [1.807, 2.05) is 49.4 Å². The molecule has 1 saturated heterocycles. The maximum atomic E-state index is 6.24. The van der Waals surface area contributed by atoms with Crippen LogP contribution in [0.3, 0.4) is 0 Å². The van der Waals surface area contributed by atoms with Gasteiger partial charge in [0.2, 0.25) is 5.88 Å². The van der Waals surface area contributed by atoms with Crippen molar-refractivity contribution in [2.45, 2.75) is 6.92 Å². The highest BCUT2D eigenvalue weighted by Crippen LogP contribution is 2.31. The van der Waals surface area contributed by atoms with Gasteiger partial charge in [-0.05, 0) is 36.8 Å². The molecule has 0 aliphatic carbocycles. The summed E-state index contributed by atoms with van der Waals surface area (Å²) in [6.45, 7) is 5.45. The van der Waals surface area contributed by atoms with Gasteiger partial charge in [0, 0.05) is 32.2 Å². The van der Waals surface area contributed by atoms with E-state index in [0.29, 0.717) is 16.7 Å². The van der Waals surface area contributed by atoms with Crippen LogP contribution in [0.1, 0.15) is 5.56 Å². The third-order valence-electron chi connectivity index (χ3n) is 4.96. The van der Waals surface area contributed by atoms with E-state index < -0.39 is 0 Å². The highest BCUT2D eigenvalue weighted by molar-refractivity contribution is 6.32. The molecule has 150 valence electrons. The molecular formula is C22H23ClN4O2. The van der Waals surface area contributed by atoms with Crippen molar-refractivity contribution in [3.63, 3.8) is 0 Å². The summed E-state index contributed by atoms with van der Waals surface area (Å²) < 4.78 is 11.4. The lowest BCUT2D eigenvalue weighted by molar-refractivity contribution is 0.413. The first-order chi connectivity index (χ1) is 14.1. The molecule has 2 aromatic carbocycles. The SMILES string of the molecule is COc1ccccc1N1CCN(c2cc(Oc3cc(C)ccc3Cl)ncn2)CC1. The van der Waals surface area contributed by atoms with Crippen LogP contribution in [0.25, 0.3) is 0 Å². The number of nitrogens with zero attached hydrogens (tertiary/aromatic N) is 4. The average Bonchev–Trinajstić information content (AvgIpc) is 2.76. The minimum Gasteiger partial charge on any atom is -0.495 e. The van der Waals surface area contributed by atoms with Crippen LogP contribution >= 0.6 is 11.6 Å². The van der Waals surface area contributed by atoms with Crippen LogP contribution in [0.5, 0.6) is 17.4 Å². The Labute approximate surface area is 175 Å². The third-order valence-corrected chi connectivity index (χ3v) is 5.27. The maximum absolute atomic E-state index is 6.24. The molecule has 29 heavy (non-hydrogen) atoms. The number of hydrogen-bond acceptors (Lipinski definition) is 6. The first kappa shape index (κ1) is 19.3. The zero-order valence-corrected chi connectivity index (χ0v) is 17.3. The molecule has 0 atom stereocenters. The number of aryl methyl sites for hydroxylation is 1. The molecule has 1 aliphatic heterocycles. The Balaban J connectivity index is 1.45. The monoisotopic (exact) mass is 410 g/mol. The molecule has 3 aromatic rings. The normalized spacial score (nSPS) is 14.0. The average molecular weight is 411 g/mol. The van der Waals surface area contributed by atoms with E-state index >= 15 is 0 Å². The molecule has 0 saturated carbocycles. The summed E-state index contributed by atoms with van der Waals surface area (Å²) in [7, 11) is 1.71. The number of aromatic nitrogens is 2. The second kappa shape index (κ2) is 8.57. The molecule has 1 fully saturated rings. The summed E-state index contributed by atoms with van der Waals surface area (Å²) in [6, 6.07) is 15.6. The standard InChI is InChI=1S/C22H23ClN4O2/c1-16-7-8-17(23)20(13-16)29-22-14-21(24-15-25-22)27-11-9-26(10-12-27)18-5-3-4-6-19(18)28-2/h3-8,13-15H,9-12H2,1-2H3. The predicted molar refractivity (Wildman–Crippen MR) is 116 cm³/mol. The predicted octanol–water partition coefficient (Wildman–Crippen LogP) is 4.57. The molecule has 0 bridgehead atoms. The molecule has 4 rings (SSSR count). The molecule has 0 amide bonds. The van der Waals surface area contributed by atoms with E-state index in [1.165, 1.54) is 6.33 Å². The van der Waals surface area contributed by atoms with Gasteiger partial charge in [0.1, 0.15) is 23.6 Å². The number of ether oxygens (including phenoxy) is 2. The quantitative estimate of drug-likeness (QED) is 0.614. The van der Waals surface area contributed by atoms with Crippen LogP contribution in [0.4, 0.5) is 11.5 Å². The van der Waals surface area contributed by atoms with Gasteiger partial charge in [-0.2, -0.15) is 0 Å². The summed E-state index contributed by atoms with van der Waals surface area (Å²) in [5.74, 6) is 2.82. The molecule has 0 unspecified atom stereocenters. The summed E-state index contributed by atoms with van der Waals surface area (Å²) in [6.07, 6.45) is 1.53. The van der Waals surface area contributed by atoms with E-state index in [1.54, 1.807) is 7.11 Å². The van der Waals surface area contributed by atoms with Crippen molar-refractivity contribution >= 4 is 23.1 Å². The fraction of sp³-hybridized carbons (Fsp3) is 0.273. The molecule has 0 spiro atoms. The van der Waals surface area contributed by atoms with Crippen LogP contribution in [-0.4, -0.2) is 43.3 Å². The van der Waals surface area contributed by atoms with Crippen LogP contribution < -0.4 is 19.3 Å². The Morgan fingerprint density at radius 1 is 0.897 bits per heavy atom. The van der Waals surface area contributed by atoms with Gasteiger partial charge >= 0.3 is 0 Å². The van der Waals surface area contributed by atoms with Crippen molar-refractivity contribution in [1.82, 2.24) is 9.97 Å². The molecular weight excluding hydrogens is 388 g/mol. The van der Waals surface area contributed by atoms with Crippen molar-refractivity contribution in [2.75, 3.05) is 43.1 Å². The van der Waals surface area contributed by atoms with E-state index in [4.69, 9.17) is 21.1 Å². The van der Waals surface area contributed by atoms with E-state index in [0.717, 1.165) is 49.0 Å². The smallest absolute Gasteiger partial charge is 0.224 e. The van der Waals surface area contributed by atoms with E-state index in [-0.39, 0.29) is 0 Å². The number of piperazine rings is 1. The fourth-order valence-electron chi connectivity index (χ4n) is 3.43. The summed E-state index contributed by atoms with van der Waals surface area (Å²) in [5.41, 5.74) is 2.20. The molecule has 7 heteroatoms. The summed E-state index contributed by atoms with van der Waals surface area (Å²) >= 11 is 6.24. The van der Waals surface area contributed by atoms with Crippen LogP contribution in [0.15, 0.2) is 54.9 Å². The van der Waals surface area contributed by atoms with Gasteiger partial charge in [0.25, 0.3) is 0 Å². The number of halogens is 1. The molecule has 0 radical (unpaired) electrons. The highest BCUT2D eigenvalue weighted by Gasteiger charge is 2.21. The number of anilines is 2. The first-order valence-electron chi connectivity index (χ1n) is 9.53. The van der Waals surface area contributed by atoms with E-state index in [2.05, 4.69) is 25.8 Å². The summed E-state index contributed by atoms with van der Waals surface area (Å²) in [4.78, 5) is 13.2. The maximum Gasteiger partial charge on any atom is 0.224 e. The first-order valence-corrected chi connectivity index (χ1v) is 9.91. The highest BCUT2D eigenvalue weighted by atomic mass is 35.5. The van der Waals surface area contributed by atoms with Crippen LogP contribution in [-0.2, 0) is 0 Å². The topological polar surface area (TPSA) is 50.7 Å². The number of benzene rings is 2. The molecule has 2 heterocycles. The Kier molecular flexibility index (Phi) is 5.71. The van der Waals surface area contributed by atoms with Crippen LogP contribution in [0, 0.1) is 6.92 Å². The van der Waals surface area contributed by atoms with Crippen molar-refractivity contribution in [3.8, 4) is 17.4 Å². The van der Waals surface area contributed by atoms with Gasteiger partial charge in [-0.3, -0.25) is 0 Å². The van der Waals surface area contributed by atoms with E-state index in [9.17, 15) is 0 Å². The molecule has 6 nitrogen and oxygen atoms in total. The van der Waals surface area contributed by atoms with Gasteiger partial charge in [0.15, 0.2) is 0 Å². The lowest BCUT2D eigenvalue weighted by Gasteiger charge is -2.37. The Bertz CT molecular complexity index is 990. The number of hydrogen-bond donors (Lipinski definition) is 0. The van der Waals surface area contributed by atoms with Crippen molar-refractivity contribution in [1.29, 1.82) is 0 Å². The van der Waals surface area contributed by atoms with Crippen LogP contribution in [0.2, 0.25) is 5.02 Å². The minimum atomic E-state index is 0.481. The second-order valence-corrected chi connectivity index (χ2v) is 7.30. The summed E-state index contributed by atoms with van der Waals surface area (Å²) in [5, 5.41) is 0.557.